The number of unbranched alkanes of at least 4 members (excludes halogenated alkanes) is 10. The van der Waals surface area contributed by atoms with Crippen molar-refractivity contribution in [2.24, 2.45) is 5.92 Å². The summed E-state index contributed by atoms with van der Waals surface area (Å²) < 4.78 is 44.7. The van der Waals surface area contributed by atoms with Crippen LogP contribution in [0.3, 0.4) is 0 Å². The van der Waals surface area contributed by atoms with Crippen molar-refractivity contribution in [3.05, 3.63) is 12.2 Å². The van der Waals surface area contributed by atoms with Crippen molar-refractivity contribution in [3.63, 3.8) is 0 Å². The molecule has 0 saturated heterocycles. The molecule has 0 amide bonds. The molecule has 9 heteroatoms. The van der Waals surface area contributed by atoms with Crippen molar-refractivity contribution in [3.8, 4) is 0 Å². The largest absolute Gasteiger partial charge is 0.463 e. The number of rotatable bonds is 31. The van der Waals surface area contributed by atoms with Crippen molar-refractivity contribution in [2.45, 2.75) is 162 Å². The number of ether oxygens (including phenoxy) is 8. The summed E-state index contributed by atoms with van der Waals surface area (Å²) in [6, 6.07) is 0. The highest BCUT2D eigenvalue weighted by atomic mass is 16.9. The van der Waals surface area contributed by atoms with E-state index in [0.29, 0.717) is 26.4 Å². The number of hydrogen-bond acceptors (Lipinski definition) is 9. The molecule has 9 nitrogen and oxygen atoms in total. The standard InChI is InChI=1S/C23H44O5.C14H30O4/c1-6-11-12-13-14-15-18-21(19-16-20-25-22(24)17-7-2)23(26-8-3,27-9-4)28-10-5;1-6-7-8-9-10-11-12-13(15-2)14(16-3,17-4)18-5/h7,17,21H,6,8-16,18-20H2,1-5H3;13H,6-12H2,1-5H3. The molecular weight excluding hydrogens is 588 g/mol. The predicted molar refractivity (Wildman–Crippen MR) is 187 cm³/mol. The van der Waals surface area contributed by atoms with E-state index in [0.717, 1.165) is 38.5 Å². The Kier molecular flexibility index (Phi) is 33.2. The monoisotopic (exact) mass is 663 g/mol. The number of methoxy groups -OCH3 is 4. The molecule has 0 aliphatic heterocycles. The van der Waals surface area contributed by atoms with Crippen molar-refractivity contribution in [1.29, 1.82) is 0 Å². The van der Waals surface area contributed by atoms with Crippen molar-refractivity contribution >= 4 is 5.97 Å². The highest BCUT2D eigenvalue weighted by Gasteiger charge is 2.42. The van der Waals surface area contributed by atoms with Crippen LogP contribution in [0.15, 0.2) is 12.2 Å². The van der Waals surface area contributed by atoms with Gasteiger partial charge in [-0.15, -0.1) is 0 Å². The maximum atomic E-state index is 11.5. The average Bonchev–Trinajstić information content (AvgIpc) is 3.05. The minimum absolute atomic E-state index is 0.110. The number of carbonyl (C=O) groups is 1. The fourth-order valence-corrected chi connectivity index (χ4v) is 5.63. The van der Waals surface area contributed by atoms with E-state index in [4.69, 9.17) is 37.9 Å². The zero-order valence-corrected chi connectivity index (χ0v) is 31.6. The van der Waals surface area contributed by atoms with Gasteiger partial charge in [-0.1, -0.05) is 97.0 Å². The Balaban J connectivity index is 0. The van der Waals surface area contributed by atoms with Crippen LogP contribution in [0, 0.1) is 5.92 Å². The first kappa shape index (κ1) is 47.0. The van der Waals surface area contributed by atoms with Gasteiger partial charge in [0, 0.05) is 60.3 Å². The van der Waals surface area contributed by atoms with E-state index in [2.05, 4.69) is 13.8 Å². The van der Waals surface area contributed by atoms with Gasteiger partial charge in [-0.3, -0.25) is 0 Å². The predicted octanol–water partition coefficient (Wildman–Crippen LogP) is 9.36. The van der Waals surface area contributed by atoms with E-state index in [1.54, 1.807) is 41.4 Å². The molecule has 0 heterocycles. The molecule has 2 atom stereocenters. The summed E-state index contributed by atoms with van der Waals surface area (Å²) in [6.07, 6.45) is 21.4. The first-order valence-corrected chi connectivity index (χ1v) is 18.2. The molecule has 0 saturated carbocycles. The second-order valence-corrected chi connectivity index (χ2v) is 11.5. The van der Waals surface area contributed by atoms with E-state index in [-0.39, 0.29) is 18.0 Å². The lowest BCUT2D eigenvalue weighted by atomic mass is 9.93. The van der Waals surface area contributed by atoms with Crippen molar-refractivity contribution < 1.29 is 42.7 Å². The quantitative estimate of drug-likeness (QED) is 0.0312. The highest BCUT2D eigenvalue weighted by molar-refractivity contribution is 5.81. The average molecular weight is 663 g/mol. The number of esters is 1. The molecule has 0 fully saturated rings. The maximum Gasteiger partial charge on any atom is 0.330 e. The molecule has 2 unspecified atom stereocenters. The fraction of sp³-hybridized carbons (Fsp3) is 0.919. The first-order chi connectivity index (χ1) is 22.3. The van der Waals surface area contributed by atoms with Crippen LogP contribution >= 0.6 is 0 Å². The number of allylic oxidation sites excluding steroid dienone is 1. The van der Waals surface area contributed by atoms with Crippen LogP contribution in [-0.2, 0) is 42.7 Å². The summed E-state index contributed by atoms with van der Waals surface area (Å²) in [4.78, 5) is 11.5. The van der Waals surface area contributed by atoms with Crippen molar-refractivity contribution in [1.82, 2.24) is 0 Å². The molecule has 0 aromatic heterocycles. The molecule has 0 aliphatic rings. The van der Waals surface area contributed by atoms with E-state index in [1.165, 1.54) is 70.3 Å². The summed E-state index contributed by atoms with van der Waals surface area (Å²) in [5, 5.41) is 0. The third-order valence-corrected chi connectivity index (χ3v) is 8.04. The van der Waals surface area contributed by atoms with Gasteiger partial charge in [0.25, 0.3) is 5.97 Å². The van der Waals surface area contributed by atoms with Crippen LogP contribution in [0.25, 0.3) is 0 Å². The lowest BCUT2D eigenvalue weighted by Crippen LogP contribution is -2.48. The van der Waals surface area contributed by atoms with Crippen LogP contribution in [0.2, 0.25) is 0 Å². The van der Waals surface area contributed by atoms with Crippen LogP contribution in [-0.4, -0.2) is 78.9 Å². The summed E-state index contributed by atoms with van der Waals surface area (Å²) >= 11 is 0. The van der Waals surface area contributed by atoms with E-state index < -0.39 is 11.9 Å². The Morgan fingerprint density at radius 2 is 1.02 bits per heavy atom. The molecule has 0 radical (unpaired) electrons. The van der Waals surface area contributed by atoms with Crippen LogP contribution in [0.1, 0.15) is 144 Å². The minimum atomic E-state index is -1.09. The second-order valence-electron chi connectivity index (χ2n) is 11.5. The molecule has 0 aromatic rings. The molecule has 0 spiro atoms. The zero-order valence-electron chi connectivity index (χ0n) is 31.6. The maximum absolute atomic E-state index is 11.5. The van der Waals surface area contributed by atoms with Crippen molar-refractivity contribution in [2.75, 3.05) is 54.9 Å². The van der Waals surface area contributed by atoms with E-state index >= 15 is 0 Å². The van der Waals surface area contributed by atoms with Gasteiger partial charge in [0.05, 0.1) is 6.61 Å². The third kappa shape index (κ3) is 21.0. The number of carbonyl (C=O) groups excluding carboxylic acids is 1. The Morgan fingerprint density at radius 1 is 0.587 bits per heavy atom. The Labute approximate surface area is 283 Å². The van der Waals surface area contributed by atoms with Gasteiger partial charge in [-0.05, 0) is 53.4 Å². The topological polar surface area (TPSA) is 90.9 Å². The fourth-order valence-electron chi connectivity index (χ4n) is 5.63. The minimum Gasteiger partial charge on any atom is -0.463 e. The Bertz CT molecular complexity index is 656. The van der Waals surface area contributed by atoms with Gasteiger partial charge in [0.15, 0.2) is 0 Å². The second kappa shape index (κ2) is 32.5. The molecule has 0 bridgehead atoms. The smallest absolute Gasteiger partial charge is 0.330 e. The van der Waals surface area contributed by atoms with Crippen LogP contribution in [0.4, 0.5) is 0 Å². The molecule has 276 valence electrons. The molecule has 0 rings (SSSR count). The van der Waals surface area contributed by atoms with E-state index in [1.807, 2.05) is 20.8 Å². The van der Waals surface area contributed by atoms with Gasteiger partial charge < -0.3 is 37.9 Å². The van der Waals surface area contributed by atoms with E-state index in [9.17, 15) is 4.79 Å². The van der Waals surface area contributed by atoms with Crippen LogP contribution in [0.5, 0.6) is 0 Å². The highest BCUT2D eigenvalue weighted by Crippen LogP contribution is 2.34. The molecule has 0 N–H and O–H groups in total. The lowest BCUT2D eigenvalue weighted by Gasteiger charge is -2.39. The summed E-state index contributed by atoms with van der Waals surface area (Å²) in [6.45, 7) is 14.2. The Morgan fingerprint density at radius 3 is 1.43 bits per heavy atom. The third-order valence-electron chi connectivity index (χ3n) is 8.04. The van der Waals surface area contributed by atoms with Crippen LogP contribution < -0.4 is 0 Å². The molecular formula is C37H74O9. The normalized spacial score (nSPS) is 13.4. The van der Waals surface area contributed by atoms with Gasteiger partial charge in [0.2, 0.25) is 0 Å². The van der Waals surface area contributed by atoms with Gasteiger partial charge >= 0.3 is 11.9 Å². The molecule has 46 heavy (non-hydrogen) atoms. The summed E-state index contributed by atoms with van der Waals surface area (Å²) in [7, 11) is 6.37. The van der Waals surface area contributed by atoms with Gasteiger partial charge in [-0.2, -0.15) is 0 Å². The zero-order chi connectivity index (χ0) is 34.9. The lowest BCUT2D eigenvalue weighted by molar-refractivity contribution is -0.403. The Hall–Kier alpha value is -1.07. The summed E-state index contributed by atoms with van der Waals surface area (Å²) in [5.74, 6) is -2.27. The van der Waals surface area contributed by atoms with Gasteiger partial charge in [0.1, 0.15) is 6.10 Å². The molecule has 0 aliphatic carbocycles. The molecule has 0 aromatic carbocycles. The first-order valence-electron chi connectivity index (χ1n) is 18.2. The summed E-state index contributed by atoms with van der Waals surface area (Å²) in [5.41, 5.74) is 0. The number of hydrogen-bond donors (Lipinski definition) is 0. The SMILES string of the molecule is CC=CC(=O)OCCCC(CCCCCCCC)C(OCC)(OCC)OCC.CCCCCCCCC(OC)C(OC)(OC)OC. The van der Waals surface area contributed by atoms with Gasteiger partial charge in [-0.25, -0.2) is 4.79 Å².